The molecule has 2 amide bonds. The number of nitrogens with two attached hydrogens (primary N) is 1. The predicted molar refractivity (Wildman–Crippen MR) is 138 cm³/mol. The van der Waals surface area contributed by atoms with Crippen molar-refractivity contribution < 1.29 is 39.0 Å². The van der Waals surface area contributed by atoms with E-state index in [0.717, 1.165) is 0 Å². The third-order valence-electron chi connectivity index (χ3n) is 7.94. The van der Waals surface area contributed by atoms with Crippen LogP contribution < -0.4 is 16.4 Å². The summed E-state index contributed by atoms with van der Waals surface area (Å²) in [7, 11) is 3.03. The zero-order chi connectivity index (χ0) is 29.1. The Hall–Kier alpha value is -3.19. The summed E-state index contributed by atoms with van der Waals surface area (Å²) in [6, 6.07) is 0.249. The van der Waals surface area contributed by atoms with Gasteiger partial charge in [0.15, 0.2) is 40.4 Å². The number of fused-ring (bicyclic) bond motifs is 3. The number of Topliss-reactive ketones (excluding diaryl/α,β-unsaturated/α-hetero) is 4. The topological polar surface area (TPSA) is 196 Å². The summed E-state index contributed by atoms with van der Waals surface area (Å²) in [5.74, 6) is -12.1. The molecule has 6 atom stereocenters. The molecule has 0 saturated heterocycles. The van der Waals surface area contributed by atoms with Crippen LogP contribution in [0.5, 0.6) is 5.75 Å². The van der Waals surface area contributed by atoms with Crippen LogP contribution in [0.15, 0.2) is 6.07 Å². The van der Waals surface area contributed by atoms with Crippen molar-refractivity contribution in [2.75, 3.05) is 26.0 Å². The van der Waals surface area contributed by atoms with E-state index in [1.54, 1.807) is 0 Å². The highest BCUT2D eigenvalue weighted by Gasteiger charge is 2.69. The molecule has 1 aromatic rings. The van der Waals surface area contributed by atoms with Gasteiger partial charge in [0.05, 0.1) is 29.1 Å². The first-order chi connectivity index (χ1) is 18.1. The Morgan fingerprint density at radius 3 is 2.41 bits per heavy atom. The molecule has 3 aliphatic rings. The molecule has 2 fully saturated rings. The van der Waals surface area contributed by atoms with Crippen LogP contribution in [0.25, 0.3) is 0 Å². The molecule has 3 aliphatic carbocycles. The molecule has 0 aliphatic heterocycles. The van der Waals surface area contributed by atoms with Gasteiger partial charge in [-0.05, 0) is 44.5 Å². The smallest absolute Gasteiger partial charge is 0.238 e. The van der Waals surface area contributed by atoms with Crippen LogP contribution in [0, 0.1) is 23.7 Å². The number of rotatable bonds is 6. The molecule has 210 valence electrons. The van der Waals surface area contributed by atoms with Gasteiger partial charge in [0.25, 0.3) is 0 Å². The number of phenolic OH excluding ortho intramolecular Hbond substituents is 1. The van der Waals surface area contributed by atoms with Crippen molar-refractivity contribution in [3.63, 3.8) is 0 Å². The molecule has 39 heavy (non-hydrogen) atoms. The summed E-state index contributed by atoms with van der Waals surface area (Å²) in [6.07, 6.45) is 0.00385. The van der Waals surface area contributed by atoms with Crippen LogP contribution in [0.4, 0.5) is 5.69 Å². The van der Waals surface area contributed by atoms with Crippen molar-refractivity contribution in [1.29, 1.82) is 0 Å². The number of hydrogen-bond donors (Lipinski definition) is 5. The van der Waals surface area contributed by atoms with Crippen LogP contribution in [0.3, 0.4) is 0 Å². The summed E-state index contributed by atoms with van der Waals surface area (Å²) in [5.41, 5.74) is 2.37. The third-order valence-corrected chi connectivity index (χ3v) is 8.24. The molecule has 6 N–H and O–H groups in total. The number of nitrogens with zero attached hydrogens (tertiary/aromatic N) is 1. The molecule has 4 unspecified atom stereocenters. The van der Waals surface area contributed by atoms with E-state index in [4.69, 9.17) is 17.3 Å². The lowest BCUT2D eigenvalue weighted by atomic mass is 9.52. The Balaban J connectivity index is 1.77. The number of phenols is 1. The van der Waals surface area contributed by atoms with Crippen molar-refractivity contribution in [3.05, 3.63) is 22.2 Å². The van der Waals surface area contributed by atoms with Gasteiger partial charge in [-0.15, -0.1) is 0 Å². The van der Waals surface area contributed by atoms with Gasteiger partial charge in [-0.25, -0.2) is 0 Å². The van der Waals surface area contributed by atoms with Gasteiger partial charge in [0, 0.05) is 12.0 Å². The van der Waals surface area contributed by atoms with Crippen LogP contribution in [0.2, 0.25) is 5.02 Å². The Morgan fingerprint density at radius 2 is 1.85 bits per heavy atom. The average Bonchev–Trinajstić information content (AvgIpc) is 2.82. The van der Waals surface area contributed by atoms with E-state index in [1.165, 1.54) is 25.1 Å². The molecule has 0 bridgehead atoms. The molecule has 4 rings (SSSR count). The van der Waals surface area contributed by atoms with Gasteiger partial charge in [-0.3, -0.25) is 33.7 Å². The van der Waals surface area contributed by atoms with Crippen LogP contribution in [-0.2, 0) is 30.4 Å². The Labute approximate surface area is 229 Å². The minimum Gasteiger partial charge on any atom is -0.505 e. The number of anilines is 1. The second kappa shape index (κ2) is 10.1. The fraction of sp³-hybridized carbons (Fsp3) is 0.538. The van der Waals surface area contributed by atoms with Gasteiger partial charge in [-0.1, -0.05) is 25.4 Å². The molecule has 12 nitrogen and oxygen atoms in total. The summed E-state index contributed by atoms with van der Waals surface area (Å²) >= 11 is 6.35. The first kappa shape index (κ1) is 28.8. The zero-order valence-electron chi connectivity index (χ0n) is 21.9. The molecule has 0 radical (unpaired) electrons. The van der Waals surface area contributed by atoms with Gasteiger partial charge < -0.3 is 26.6 Å². The van der Waals surface area contributed by atoms with E-state index in [2.05, 4.69) is 10.6 Å². The van der Waals surface area contributed by atoms with Crippen molar-refractivity contribution in [2.24, 2.45) is 29.4 Å². The van der Waals surface area contributed by atoms with E-state index in [-0.39, 0.29) is 41.7 Å². The summed E-state index contributed by atoms with van der Waals surface area (Å²) < 4.78 is 0. The van der Waals surface area contributed by atoms with Gasteiger partial charge >= 0.3 is 0 Å². The number of benzene rings is 1. The second-order valence-electron chi connectivity index (χ2n) is 11.0. The normalized spacial score (nSPS) is 30.2. The first-order valence-corrected chi connectivity index (χ1v) is 12.9. The van der Waals surface area contributed by atoms with Gasteiger partial charge in [0.1, 0.15) is 5.69 Å². The molecular formula is C26H31ClN4O8. The Bertz CT molecular complexity index is 1310. The molecule has 0 spiro atoms. The van der Waals surface area contributed by atoms with E-state index in [9.17, 15) is 39.0 Å². The van der Waals surface area contributed by atoms with E-state index in [0.29, 0.717) is 5.56 Å². The lowest BCUT2D eigenvalue weighted by molar-refractivity contribution is -0.181. The number of halogens is 1. The summed E-state index contributed by atoms with van der Waals surface area (Å²) in [4.78, 5) is 79.8. The highest BCUT2D eigenvalue weighted by Crippen LogP contribution is 2.52. The standard InChI is InChI=1S/C26H31ClN4O8/c1-9(2)29-8-14(32)30-18-13(27)7-11-5-10-6-12-19(31(3)4)22(35)17(25(28)38)24(37)26(12,39)23(36)16(10)20(33)15(11)21(18)34/h7,9-10,12,16-17,19,29,34,39H,5-6,8H2,1-4H3,(H2,28,38)(H,30,32)/t10?,12?,16?,17?,19-,26-/m0/s1. The summed E-state index contributed by atoms with van der Waals surface area (Å²) in [5, 5.41) is 28.0. The number of carbonyl (C=O) groups excluding carboxylic acids is 6. The lowest BCUT2D eigenvalue weighted by Crippen LogP contribution is -2.74. The number of hydrogen-bond acceptors (Lipinski definition) is 10. The highest BCUT2D eigenvalue weighted by atomic mass is 35.5. The van der Waals surface area contributed by atoms with E-state index >= 15 is 0 Å². The number of carbonyl (C=O) groups is 6. The zero-order valence-corrected chi connectivity index (χ0v) is 22.7. The highest BCUT2D eigenvalue weighted by molar-refractivity contribution is 6.35. The SMILES string of the molecule is CC(C)NCC(=O)Nc1c(Cl)cc2c(c1O)C(=O)C1C(=O)[C@]3(O)C(=O)C(C(N)=O)C(=O)[C@@H](N(C)C)C3CC1C2. The van der Waals surface area contributed by atoms with Crippen molar-refractivity contribution in [1.82, 2.24) is 10.2 Å². The van der Waals surface area contributed by atoms with Crippen LogP contribution >= 0.6 is 11.6 Å². The Morgan fingerprint density at radius 1 is 1.21 bits per heavy atom. The Kier molecular flexibility index (Phi) is 7.45. The average molecular weight is 563 g/mol. The lowest BCUT2D eigenvalue weighted by Gasteiger charge is -2.52. The first-order valence-electron chi connectivity index (χ1n) is 12.5. The van der Waals surface area contributed by atoms with Crippen LogP contribution in [-0.4, -0.2) is 88.4 Å². The number of nitrogens with one attached hydrogen (secondary N) is 2. The van der Waals surface area contributed by atoms with Crippen molar-refractivity contribution in [3.8, 4) is 5.75 Å². The third kappa shape index (κ3) is 4.45. The molecule has 13 heteroatoms. The van der Waals surface area contributed by atoms with Gasteiger partial charge in [0.2, 0.25) is 11.8 Å². The monoisotopic (exact) mass is 562 g/mol. The molecule has 0 aromatic heterocycles. The van der Waals surface area contributed by atoms with Gasteiger partial charge in [-0.2, -0.15) is 0 Å². The molecular weight excluding hydrogens is 532 g/mol. The molecule has 1 aromatic carbocycles. The number of ketones is 4. The number of primary amides is 1. The fourth-order valence-corrected chi connectivity index (χ4v) is 6.49. The maximum absolute atomic E-state index is 13.8. The second-order valence-corrected chi connectivity index (χ2v) is 11.4. The maximum Gasteiger partial charge on any atom is 0.238 e. The fourth-order valence-electron chi connectivity index (χ4n) is 6.23. The van der Waals surface area contributed by atoms with Crippen LogP contribution in [0.1, 0.15) is 36.2 Å². The predicted octanol–water partition coefficient (Wildman–Crippen LogP) is -0.543. The largest absolute Gasteiger partial charge is 0.505 e. The number of likely N-dealkylation sites (N-methyl/N-ethyl adjacent to an activating group) is 1. The van der Waals surface area contributed by atoms with E-state index in [1.807, 2.05) is 13.8 Å². The van der Waals surface area contributed by atoms with Crippen molar-refractivity contribution >= 4 is 52.2 Å². The number of aromatic hydroxyl groups is 1. The van der Waals surface area contributed by atoms with E-state index < -0.39 is 76.0 Å². The maximum atomic E-state index is 13.8. The number of amides is 2. The molecule has 0 heterocycles. The summed E-state index contributed by atoms with van der Waals surface area (Å²) in [6.45, 7) is 3.58. The molecule has 2 saturated carbocycles. The quantitative estimate of drug-likeness (QED) is 0.222. The minimum absolute atomic E-state index is 0.00727. The minimum atomic E-state index is -2.81. The van der Waals surface area contributed by atoms with Crippen molar-refractivity contribution in [2.45, 2.75) is 44.4 Å². The number of aliphatic hydroxyl groups is 1.